The molecule has 1 fully saturated rings. The first-order chi connectivity index (χ1) is 23.0. The number of aryl methyl sites for hydroxylation is 2. The summed E-state index contributed by atoms with van der Waals surface area (Å²) in [6.07, 6.45) is -0.423. The van der Waals surface area contributed by atoms with Crippen LogP contribution in [0, 0.1) is 19.2 Å². The van der Waals surface area contributed by atoms with E-state index in [9.17, 15) is 23.5 Å². The van der Waals surface area contributed by atoms with Crippen LogP contribution in [0.15, 0.2) is 58.1 Å². The number of methoxy groups -OCH3 is 1. The Morgan fingerprint density at radius 2 is 1.84 bits per heavy atom. The van der Waals surface area contributed by atoms with Gasteiger partial charge in [-0.1, -0.05) is 48.4 Å². The van der Waals surface area contributed by atoms with Crippen molar-refractivity contribution < 1.29 is 40.4 Å². The van der Waals surface area contributed by atoms with E-state index in [-0.39, 0.29) is 34.1 Å². The molecule has 0 aliphatic carbocycles. The summed E-state index contributed by atoms with van der Waals surface area (Å²) < 4.78 is 37.5. The van der Waals surface area contributed by atoms with Crippen LogP contribution >= 0.6 is 11.6 Å². The number of nitrogens with zero attached hydrogens (tertiary/aromatic N) is 5. The molecule has 257 valence electrons. The molecule has 11 nitrogen and oxygen atoms in total. The molecule has 5 aromatic rings. The third-order valence-corrected chi connectivity index (χ3v) is 8.38. The normalized spacial score (nSPS) is 15.8. The van der Waals surface area contributed by atoms with Crippen LogP contribution in [0.5, 0.6) is 5.88 Å². The maximum atomic E-state index is 12.4. The summed E-state index contributed by atoms with van der Waals surface area (Å²) in [6, 6.07) is 19.0. The molecule has 0 amide bonds. The van der Waals surface area contributed by atoms with Gasteiger partial charge in [-0.15, -0.1) is 5.56 Å². The molecule has 15 heteroatoms. The summed E-state index contributed by atoms with van der Waals surface area (Å²) in [5.74, 6) is -0.224. The summed E-state index contributed by atoms with van der Waals surface area (Å²) in [7, 11) is 4.22. The third kappa shape index (κ3) is 8.23. The average Bonchev–Trinajstić information content (AvgIpc) is 3.10. The van der Waals surface area contributed by atoms with Gasteiger partial charge in [0.05, 0.1) is 31.2 Å². The van der Waals surface area contributed by atoms with E-state index in [2.05, 4.69) is 27.5 Å². The molecule has 0 saturated carbocycles. The number of nitrogens with one attached hydrogen (secondary N) is 1. The van der Waals surface area contributed by atoms with E-state index in [0.717, 1.165) is 49.1 Å². The first-order valence-corrected chi connectivity index (χ1v) is 15.3. The van der Waals surface area contributed by atoms with Gasteiger partial charge in [0.1, 0.15) is 5.82 Å². The van der Waals surface area contributed by atoms with Crippen molar-refractivity contribution in [1.29, 1.82) is 0 Å². The number of ether oxygens (including phenoxy) is 2. The molecule has 1 saturated heterocycles. The van der Waals surface area contributed by atoms with Gasteiger partial charge in [-0.05, 0) is 24.1 Å². The Balaban J connectivity index is 0.000000255. The van der Waals surface area contributed by atoms with Gasteiger partial charge in [0.2, 0.25) is 5.88 Å². The van der Waals surface area contributed by atoms with Gasteiger partial charge in [0.15, 0.2) is 5.56 Å². The average molecular weight is 734 g/mol. The Morgan fingerprint density at radius 3 is 2.53 bits per heavy atom. The molecule has 1 radical (unpaired) electrons. The number of hydrogen-bond acceptors (Lipinski definition) is 9. The second kappa shape index (κ2) is 16.6. The minimum absolute atomic E-state index is 0. The standard InChI is InChI=1S/C25H26ClN2O3.C9H7F2N4O2.Mn/c1-16-6-3-4-7-18(16)19-8-5-9-20(24(19)26)21-11-10-17(25(28-21)30-2)14-27-22-12-13-31-15-23(22)29;1-14-7-4(8(16)15(2)9(14)17)3-12-6(13-7)5(10)11;/h3-5,7-11,22-23,27,29H,12-15H2,1-2H3;5H,1-2H3;/q2*-1;+2/t22-,23-;;/m1../s1. The quantitative estimate of drug-likeness (QED) is 0.187. The van der Waals surface area contributed by atoms with Crippen molar-refractivity contribution in [3.63, 3.8) is 0 Å². The molecule has 0 spiro atoms. The molecular weight excluding hydrogens is 701 g/mol. The largest absolute Gasteiger partial charge is 2.00 e. The van der Waals surface area contributed by atoms with Crippen molar-refractivity contribution in [2.24, 2.45) is 14.1 Å². The van der Waals surface area contributed by atoms with Crippen LogP contribution in [0.3, 0.4) is 0 Å². The van der Waals surface area contributed by atoms with Crippen LogP contribution in [0.4, 0.5) is 8.78 Å². The summed E-state index contributed by atoms with van der Waals surface area (Å²) in [5, 5.41) is 14.0. The van der Waals surface area contributed by atoms with Crippen LogP contribution in [-0.4, -0.2) is 61.7 Å². The maximum Gasteiger partial charge on any atom is 2.00 e. The number of benzene rings is 2. The topological polar surface area (TPSA) is 133 Å². The minimum Gasteiger partial charge on any atom is -0.481 e. The molecule has 2 N–H and O–H groups in total. The van der Waals surface area contributed by atoms with Gasteiger partial charge in [0.25, 0.3) is 6.43 Å². The van der Waals surface area contributed by atoms with Crippen molar-refractivity contribution >= 4 is 22.6 Å². The predicted molar refractivity (Wildman–Crippen MR) is 176 cm³/mol. The maximum absolute atomic E-state index is 12.4. The van der Waals surface area contributed by atoms with Gasteiger partial charge < -0.3 is 43.8 Å². The predicted octanol–water partition coefficient (Wildman–Crippen LogP) is 4.19. The second-order valence-corrected chi connectivity index (χ2v) is 11.4. The fourth-order valence-electron chi connectivity index (χ4n) is 5.29. The zero-order chi connectivity index (χ0) is 34.5. The monoisotopic (exact) mass is 733 g/mol. The van der Waals surface area contributed by atoms with Crippen LogP contribution < -0.4 is 21.3 Å². The fourth-order valence-corrected chi connectivity index (χ4v) is 5.61. The summed E-state index contributed by atoms with van der Waals surface area (Å²) in [6.45, 7) is 3.58. The molecule has 4 heterocycles. The summed E-state index contributed by atoms with van der Waals surface area (Å²) >= 11 is 6.82. The molecule has 2 aromatic carbocycles. The number of aliphatic hydroxyl groups excluding tert-OH is 1. The van der Waals surface area contributed by atoms with Crippen molar-refractivity contribution in [1.82, 2.24) is 29.4 Å². The first-order valence-electron chi connectivity index (χ1n) is 14.9. The first kappa shape index (κ1) is 37.8. The number of fused-ring (bicyclic) bond motifs is 1. The number of hydrogen-bond donors (Lipinski definition) is 2. The molecule has 0 unspecified atom stereocenters. The number of pyridine rings is 1. The van der Waals surface area contributed by atoms with Gasteiger partial charge >= 0.3 is 22.8 Å². The Labute approximate surface area is 296 Å². The Hall–Kier alpha value is -4.04. The van der Waals surface area contributed by atoms with Crippen molar-refractivity contribution in [3.8, 4) is 28.3 Å². The van der Waals surface area contributed by atoms with E-state index >= 15 is 0 Å². The summed E-state index contributed by atoms with van der Waals surface area (Å²) in [5.41, 5.74) is 4.11. The number of aliphatic hydroxyl groups is 1. The van der Waals surface area contributed by atoms with E-state index in [4.69, 9.17) is 26.1 Å². The molecule has 3 aromatic heterocycles. The van der Waals surface area contributed by atoms with Crippen molar-refractivity contribution in [2.45, 2.75) is 38.5 Å². The smallest absolute Gasteiger partial charge is 0.481 e. The summed E-state index contributed by atoms with van der Waals surface area (Å²) in [4.78, 5) is 34.7. The Morgan fingerprint density at radius 1 is 1.10 bits per heavy atom. The van der Waals surface area contributed by atoms with Crippen LogP contribution in [0.25, 0.3) is 33.4 Å². The SMILES string of the molecule is COc1nc(-c2cccc(-c3ccc[c-]c3C)c2Cl)ccc1CN[C@@H]1CCOC[C@H]1O.Cn1c(=O)c2[c-]nc(C(F)F)nc2n(C)c1=O.[Mn+2]. The van der Waals surface area contributed by atoms with Gasteiger partial charge in [-0.3, -0.25) is 0 Å². The molecular formula is C34H33ClF2MnN6O5. The zero-order valence-corrected chi connectivity index (χ0v) is 28.9. The Kier molecular flexibility index (Phi) is 12.8. The van der Waals surface area contributed by atoms with E-state index in [1.807, 2.05) is 55.5 Å². The molecule has 1 aliphatic rings. The molecule has 0 bridgehead atoms. The van der Waals surface area contributed by atoms with E-state index in [1.54, 1.807) is 7.11 Å². The van der Waals surface area contributed by atoms with Crippen LogP contribution in [0.1, 0.15) is 29.8 Å². The van der Waals surface area contributed by atoms with Gasteiger partial charge in [0, 0.05) is 49.4 Å². The third-order valence-electron chi connectivity index (χ3n) is 7.97. The Bertz CT molecular complexity index is 2060. The van der Waals surface area contributed by atoms with E-state index in [1.165, 1.54) is 14.1 Å². The van der Waals surface area contributed by atoms with Crippen LogP contribution in [0.2, 0.25) is 5.02 Å². The van der Waals surface area contributed by atoms with Crippen molar-refractivity contribution in [3.05, 3.63) is 104 Å². The minimum atomic E-state index is -2.88. The number of halogens is 3. The van der Waals surface area contributed by atoms with Gasteiger partial charge in [-0.25, -0.2) is 18.6 Å². The number of rotatable bonds is 7. The van der Waals surface area contributed by atoms with E-state index < -0.39 is 29.6 Å². The van der Waals surface area contributed by atoms with Crippen LogP contribution in [-0.2, 0) is 42.4 Å². The fraction of sp³-hybridized carbons (Fsp3) is 0.324. The molecule has 6 rings (SSSR count). The van der Waals surface area contributed by atoms with E-state index in [0.29, 0.717) is 30.7 Å². The zero-order valence-electron chi connectivity index (χ0n) is 27.0. The number of alkyl halides is 2. The van der Waals surface area contributed by atoms with Gasteiger partial charge in [-0.2, -0.15) is 29.8 Å². The molecule has 2 atom stereocenters. The molecule has 1 aliphatic heterocycles. The second-order valence-electron chi connectivity index (χ2n) is 11.1. The van der Waals surface area contributed by atoms with Crippen molar-refractivity contribution in [2.75, 3.05) is 20.3 Å². The number of aromatic nitrogens is 5. The molecule has 49 heavy (non-hydrogen) atoms.